The Hall–Kier alpha value is -0.594. The van der Waals surface area contributed by atoms with Crippen molar-refractivity contribution in [3.63, 3.8) is 0 Å². The number of aryl methyl sites for hydroxylation is 5. The van der Waals surface area contributed by atoms with E-state index in [2.05, 4.69) is 65.0 Å². The van der Waals surface area contributed by atoms with E-state index in [0.717, 1.165) is 19.3 Å². The van der Waals surface area contributed by atoms with Crippen molar-refractivity contribution in [2.75, 3.05) is 13.1 Å². The third-order valence-electron chi connectivity index (χ3n) is 5.52. The number of benzene rings is 2. The van der Waals surface area contributed by atoms with Crippen LogP contribution in [0.25, 0.3) is 5.32 Å². The Morgan fingerprint density at radius 2 is 1.27 bits per heavy atom. The molecule has 4 N–H and O–H groups in total. The monoisotopic (exact) mass is 495 g/mol. The van der Waals surface area contributed by atoms with E-state index >= 15 is 0 Å². The fourth-order valence-corrected chi connectivity index (χ4v) is 4.06. The summed E-state index contributed by atoms with van der Waals surface area (Å²) in [4.78, 5) is 0. The quantitative estimate of drug-likeness (QED) is 0.420. The standard InChI is InChI=1S/C24H36N3.2ClH.Co/c1-6-18-12-19(7-2)24(20(8-3)13-18)22(26)15-27-14-21(25)23-16(4)10-9-11-17(23)5;;;/h9-13,21-22H,6-8,14-15,25-26H2,1-5H3;2*1H;/q-1;;;+3/p-2. The van der Waals surface area contributed by atoms with Crippen molar-refractivity contribution in [2.24, 2.45) is 11.5 Å². The second kappa shape index (κ2) is 14.5. The molecular formula is C24H36Cl2CoN3. The van der Waals surface area contributed by atoms with Gasteiger partial charge in [0.05, 0.1) is 0 Å². The van der Waals surface area contributed by atoms with Gasteiger partial charge in [0.2, 0.25) is 0 Å². The van der Waals surface area contributed by atoms with E-state index in [-0.39, 0.29) is 12.1 Å². The summed E-state index contributed by atoms with van der Waals surface area (Å²) in [5.74, 6) is 0. The number of nitrogens with two attached hydrogens (primary N) is 2. The summed E-state index contributed by atoms with van der Waals surface area (Å²) in [5, 5.41) is 4.75. The van der Waals surface area contributed by atoms with Crippen LogP contribution in [-0.4, -0.2) is 13.1 Å². The topological polar surface area (TPSA) is 66.1 Å². The molecule has 30 heavy (non-hydrogen) atoms. The van der Waals surface area contributed by atoms with Crippen LogP contribution < -0.4 is 11.5 Å². The van der Waals surface area contributed by atoms with Crippen LogP contribution in [0.15, 0.2) is 30.3 Å². The Labute approximate surface area is 197 Å². The van der Waals surface area contributed by atoms with Gasteiger partial charge in [0, 0.05) is 12.1 Å². The summed E-state index contributed by atoms with van der Waals surface area (Å²) in [7, 11) is 9.47. The van der Waals surface area contributed by atoms with E-state index in [1.54, 1.807) is 0 Å². The Kier molecular flexibility index (Phi) is 13.2. The fraction of sp³-hybridized carbons (Fsp3) is 0.500. The van der Waals surface area contributed by atoms with Crippen LogP contribution in [0.4, 0.5) is 0 Å². The normalized spacial score (nSPS) is 13.0. The van der Waals surface area contributed by atoms with Crippen molar-refractivity contribution in [3.8, 4) is 0 Å². The maximum absolute atomic E-state index is 6.59. The van der Waals surface area contributed by atoms with Crippen molar-refractivity contribution in [3.05, 3.63) is 74.6 Å². The Balaban J connectivity index is 0.00000141. The summed E-state index contributed by atoms with van der Waals surface area (Å²) in [6, 6.07) is 10.8. The molecule has 170 valence electrons. The van der Waals surface area contributed by atoms with Crippen LogP contribution >= 0.6 is 20.3 Å². The van der Waals surface area contributed by atoms with Gasteiger partial charge in [-0.2, -0.15) is 0 Å². The number of rotatable bonds is 9. The van der Waals surface area contributed by atoms with Gasteiger partial charge in [0.1, 0.15) is 0 Å². The maximum atomic E-state index is 6.59. The molecule has 0 aliphatic rings. The summed E-state index contributed by atoms with van der Waals surface area (Å²) in [5.41, 5.74) is 22.1. The fourth-order valence-electron chi connectivity index (χ4n) is 4.06. The van der Waals surface area contributed by atoms with Gasteiger partial charge in [0.15, 0.2) is 0 Å². The first-order valence-corrected chi connectivity index (χ1v) is 13.4. The van der Waals surface area contributed by atoms with Gasteiger partial charge < -0.3 is 16.8 Å². The third-order valence-corrected chi connectivity index (χ3v) is 5.52. The molecule has 2 atom stereocenters. The molecule has 2 aromatic rings. The predicted molar refractivity (Wildman–Crippen MR) is 129 cm³/mol. The average Bonchev–Trinajstić information content (AvgIpc) is 2.72. The number of hydrogen-bond donors (Lipinski definition) is 2. The van der Waals surface area contributed by atoms with Gasteiger partial charge in [-0.25, -0.2) is 0 Å². The Morgan fingerprint density at radius 3 is 1.67 bits per heavy atom. The molecule has 0 amide bonds. The van der Waals surface area contributed by atoms with E-state index in [1.165, 1.54) is 38.9 Å². The van der Waals surface area contributed by atoms with Crippen LogP contribution in [0.3, 0.4) is 0 Å². The van der Waals surface area contributed by atoms with Gasteiger partial charge in [-0.3, -0.25) is 0 Å². The Bertz CT molecular complexity index is 738. The van der Waals surface area contributed by atoms with Crippen molar-refractivity contribution in [2.45, 2.75) is 66.0 Å². The number of halogens is 2. The molecule has 0 saturated carbocycles. The zero-order valence-corrected chi connectivity index (χ0v) is 21.3. The first-order chi connectivity index (χ1) is 14.3. The van der Waals surface area contributed by atoms with Crippen molar-refractivity contribution in [1.82, 2.24) is 0 Å². The predicted octanol–water partition coefficient (Wildman–Crippen LogP) is 6.44. The molecule has 0 spiro atoms. The van der Waals surface area contributed by atoms with E-state index in [1.807, 2.05) is 0 Å². The first kappa shape index (κ1) is 27.4. The molecule has 2 aromatic carbocycles. The zero-order chi connectivity index (χ0) is 22.7. The van der Waals surface area contributed by atoms with E-state index in [0.29, 0.717) is 26.0 Å². The summed E-state index contributed by atoms with van der Waals surface area (Å²) < 4.78 is 0. The summed E-state index contributed by atoms with van der Waals surface area (Å²) in [6.45, 7) is 12.1. The molecule has 2 unspecified atom stereocenters. The van der Waals surface area contributed by atoms with E-state index in [9.17, 15) is 0 Å². The average molecular weight is 496 g/mol. The molecule has 2 rings (SSSR count). The molecular weight excluding hydrogens is 460 g/mol. The van der Waals surface area contributed by atoms with Crippen molar-refractivity contribution < 1.29 is 12.9 Å². The summed E-state index contributed by atoms with van der Waals surface area (Å²) >= 11 is 0.382. The van der Waals surface area contributed by atoms with Crippen LogP contribution in [0.5, 0.6) is 0 Å². The SMILES string of the molecule is CCc1cc(CC)c(C(N)C[N-]CC(N)c2c(C)cccc2C)c(CC)c1.[Cl][Co+][Cl]. The van der Waals surface area contributed by atoms with E-state index in [4.69, 9.17) is 37.1 Å². The molecule has 0 aliphatic heterocycles. The van der Waals surface area contributed by atoms with Gasteiger partial charge in [-0.05, 0) is 72.1 Å². The third kappa shape index (κ3) is 7.83. The molecule has 0 heterocycles. The van der Waals surface area contributed by atoms with Crippen LogP contribution in [-0.2, 0) is 32.2 Å². The molecule has 3 nitrogen and oxygen atoms in total. The number of hydrogen-bond acceptors (Lipinski definition) is 2. The second-order valence-electron chi connectivity index (χ2n) is 7.54. The molecule has 0 bridgehead atoms. The molecule has 0 radical (unpaired) electrons. The molecule has 0 aliphatic carbocycles. The Morgan fingerprint density at radius 1 is 0.833 bits per heavy atom. The minimum atomic E-state index is -0.0721. The van der Waals surface area contributed by atoms with E-state index < -0.39 is 0 Å². The molecule has 0 aromatic heterocycles. The molecule has 6 heteroatoms. The second-order valence-corrected chi connectivity index (χ2v) is 9.26. The van der Waals surface area contributed by atoms with Crippen molar-refractivity contribution in [1.29, 1.82) is 0 Å². The van der Waals surface area contributed by atoms with Crippen LogP contribution in [0.2, 0.25) is 0 Å². The van der Waals surface area contributed by atoms with Gasteiger partial charge >= 0.3 is 33.2 Å². The van der Waals surface area contributed by atoms with Gasteiger partial charge in [0.25, 0.3) is 0 Å². The van der Waals surface area contributed by atoms with Crippen LogP contribution in [0.1, 0.15) is 71.8 Å². The molecule has 0 fully saturated rings. The zero-order valence-electron chi connectivity index (χ0n) is 18.8. The van der Waals surface area contributed by atoms with Crippen LogP contribution in [0, 0.1) is 13.8 Å². The molecule has 0 saturated heterocycles. The first-order valence-electron chi connectivity index (χ1n) is 10.5. The van der Waals surface area contributed by atoms with Gasteiger partial charge in [-0.15, -0.1) is 13.1 Å². The van der Waals surface area contributed by atoms with Crippen molar-refractivity contribution >= 4 is 20.3 Å². The summed E-state index contributed by atoms with van der Waals surface area (Å²) in [6.07, 6.45) is 3.07. The van der Waals surface area contributed by atoms with Gasteiger partial charge in [-0.1, -0.05) is 51.1 Å². The minimum absolute atomic E-state index is 0.0639. The number of nitrogens with zero attached hydrogens (tertiary/aromatic N) is 1.